The Balaban J connectivity index is 2.32. The lowest BCUT2D eigenvalue weighted by Gasteiger charge is -2.33. The summed E-state index contributed by atoms with van der Waals surface area (Å²) in [4.78, 5) is 0. The molecule has 0 atom stereocenters. The maximum Gasteiger partial charge on any atom is 0.106 e. The second-order valence-electron chi connectivity index (χ2n) is 6.33. The first-order chi connectivity index (χ1) is 8.52. The lowest BCUT2D eigenvalue weighted by atomic mass is 9.77. The van der Waals surface area contributed by atoms with Crippen molar-refractivity contribution in [1.82, 2.24) is 0 Å². The smallest absolute Gasteiger partial charge is 0.106 e. The normalized spacial score (nSPS) is 20.2. The van der Waals surface area contributed by atoms with E-state index in [9.17, 15) is 0 Å². The zero-order valence-corrected chi connectivity index (χ0v) is 11.8. The molecule has 0 unspecified atom stereocenters. The van der Waals surface area contributed by atoms with Crippen LogP contribution in [0.5, 0.6) is 0 Å². The Morgan fingerprint density at radius 2 is 1.56 bits per heavy atom. The highest BCUT2D eigenvalue weighted by molar-refractivity contribution is 5.25. The Hall–Kier alpha value is -1.18. The molecule has 2 nitrogen and oxygen atoms in total. The molecular formula is C16H24N2. The molecule has 1 saturated carbocycles. The van der Waals surface area contributed by atoms with Gasteiger partial charge in [0.2, 0.25) is 0 Å². The molecule has 1 fully saturated rings. The van der Waals surface area contributed by atoms with E-state index >= 15 is 0 Å². The average molecular weight is 244 g/mol. The fraction of sp³-hybridized carbons (Fsp3) is 0.625. The average Bonchev–Trinajstić information content (AvgIpc) is 2.38. The molecule has 1 aromatic carbocycles. The number of benzene rings is 1. The standard InChI is InChI=1S/C16H24N2/c1-15(2,3)17-18-16(12-8-5-9-13-16)14-10-6-4-7-11-14/h4,6-7,10-11H,5,8-9,12-13H2,1-3H3/b18-17+. The second-order valence-corrected chi connectivity index (χ2v) is 6.33. The summed E-state index contributed by atoms with van der Waals surface area (Å²) in [5.41, 5.74) is 1.18. The maximum atomic E-state index is 4.78. The molecule has 2 heteroatoms. The monoisotopic (exact) mass is 244 g/mol. The molecule has 0 N–H and O–H groups in total. The molecule has 2 rings (SSSR count). The van der Waals surface area contributed by atoms with E-state index in [1.807, 2.05) is 0 Å². The van der Waals surface area contributed by atoms with E-state index in [1.165, 1.54) is 24.8 Å². The molecule has 0 amide bonds. The quantitative estimate of drug-likeness (QED) is 0.647. The van der Waals surface area contributed by atoms with Gasteiger partial charge in [-0.05, 0) is 39.2 Å². The number of hydrogen-bond donors (Lipinski definition) is 0. The molecule has 1 aliphatic carbocycles. The van der Waals surface area contributed by atoms with Crippen molar-refractivity contribution >= 4 is 0 Å². The van der Waals surface area contributed by atoms with Crippen LogP contribution in [0.4, 0.5) is 0 Å². The summed E-state index contributed by atoms with van der Waals surface area (Å²) < 4.78 is 0. The third-order valence-corrected chi connectivity index (χ3v) is 3.53. The van der Waals surface area contributed by atoms with Gasteiger partial charge in [-0.1, -0.05) is 49.6 Å². The minimum Gasteiger partial charge on any atom is -0.187 e. The van der Waals surface area contributed by atoms with E-state index in [2.05, 4.69) is 56.2 Å². The van der Waals surface area contributed by atoms with E-state index in [0.717, 1.165) is 12.8 Å². The van der Waals surface area contributed by atoms with Crippen LogP contribution in [0.25, 0.3) is 0 Å². The van der Waals surface area contributed by atoms with E-state index < -0.39 is 0 Å². The molecule has 1 aromatic rings. The van der Waals surface area contributed by atoms with Gasteiger partial charge >= 0.3 is 0 Å². The third-order valence-electron chi connectivity index (χ3n) is 3.53. The SMILES string of the molecule is CC(C)(C)/N=N/C1(c2ccccc2)CCCCC1. The van der Waals surface area contributed by atoms with Gasteiger partial charge in [-0.15, -0.1) is 0 Å². The predicted octanol–water partition coefficient (Wildman–Crippen LogP) is 5.10. The van der Waals surface area contributed by atoms with Gasteiger partial charge in [0.25, 0.3) is 0 Å². The summed E-state index contributed by atoms with van der Waals surface area (Å²) >= 11 is 0. The molecule has 18 heavy (non-hydrogen) atoms. The number of azo groups is 1. The molecule has 0 saturated heterocycles. The Kier molecular flexibility index (Phi) is 3.84. The second kappa shape index (κ2) is 5.21. The van der Waals surface area contributed by atoms with Crippen molar-refractivity contribution in [2.45, 2.75) is 64.0 Å². The van der Waals surface area contributed by atoms with Gasteiger partial charge in [0.15, 0.2) is 0 Å². The summed E-state index contributed by atoms with van der Waals surface area (Å²) in [7, 11) is 0. The molecule has 0 spiro atoms. The summed E-state index contributed by atoms with van der Waals surface area (Å²) in [5, 5.41) is 9.33. The van der Waals surface area contributed by atoms with Crippen LogP contribution in [0.2, 0.25) is 0 Å². The molecule has 1 aliphatic rings. The maximum absolute atomic E-state index is 4.78. The van der Waals surface area contributed by atoms with Gasteiger partial charge in [0, 0.05) is 0 Å². The lowest BCUT2D eigenvalue weighted by molar-refractivity contribution is 0.280. The molecule has 0 radical (unpaired) electrons. The van der Waals surface area contributed by atoms with Crippen molar-refractivity contribution < 1.29 is 0 Å². The lowest BCUT2D eigenvalue weighted by Crippen LogP contribution is -2.27. The summed E-state index contributed by atoms with van der Waals surface area (Å²) in [6, 6.07) is 10.7. The molecule has 0 heterocycles. The summed E-state index contributed by atoms with van der Waals surface area (Å²) in [5.74, 6) is 0. The van der Waals surface area contributed by atoms with Crippen LogP contribution in [-0.4, -0.2) is 5.54 Å². The van der Waals surface area contributed by atoms with E-state index in [0.29, 0.717) is 0 Å². The fourth-order valence-corrected chi connectivity index (χ4v) is 2.58. The van der Waals surface area contributed by atoms with Crippen molar-refractivity contribution in [3.05, 3.63) is 35.9 Å². The first-order valence-electron chi connectivity index (χ1n) is 7.02. The predicted molar refractivity (Wildman–Crippen MR) is 75.8 cm³/mol. The Morgan fingerprint density at radius 1 is 0.944 bits per heavy atom. The minimum atomic E-state index is -0.0841. The van der Waals surface area contributed by atoms with Crippen LogP contribution in [0, 0.1) is 0 Å². The number of rotatable bonds is 2. The van der Waals surface area contributed by atoms with E-state index in [4.69, 9.17) is 5.11 Å². The van der Waals surface area contributed by atoms with Gasteiger partial charge < -0.3 is 0 Å². The van der Waals surface area contributed by atoms with Crippen LogP contribution in [0.3, 0.4) is 0 Å². The van der Waals surface area contributed by atoms with Crippen molar-refractivity contribution in [2.24, 2.45) is 10.2 Å². The summed E-state index contributed by atoms with van der Waals surface area (Å²) in [6.45, 7) is 6.33. The Morgan fingerprint density at radius 3 is 2.11 bits per heavy atom. The zero-order valence-electron chi connectivity index (χ0n) is 11.8. The van der Waals surface area contributed by atoms with E-state index in [-0.39, 0.29) is 11.1 Å². The molecular weight excluding hydrogens is 220 g/mol. The van der Waals surface area contributed by atoms with Gasteiger partial charge in [-0.3, -0.25) is 0 Å². The summed E-state index contributed by atoms with van der Waals surface area (Å²) in [6.07, 6.45) is 6.13. The van der Waals surface area contributed by atoms with Crippen molar-refractivity contribution in [1.29, 1.82) is 0 Å². The van der Waals surface area contributed by atoms with Crippen LogP contribution in [0.1, 0.15) is 58.4 Å². The van der Waals surface area contributed by atoms with Crippen LogP contribution < -0.4 is 0 Å². The zero-order chi connectivity index (χ0) is 13.1. The fourth-order valence-electron chi connectivity index (χ4n) is 2.58. The van der Waals surface area contributed by atoms with Crippen molar-refractivity contribution in [3.8, 4) is 0 Å². The number of hydrogen-bond acceptors (Lipinski definition) is 2. The molecule has 0 aromatic heterocycles. The minimum absolute atomic E-state index is 0.0627. The van der Waals surface area contributed by atoms with Gasteiger partial charge in [0.05, 0.1) is 5.54 Å². The highest BCUT2D eigenvalue weighted by Gasteiger charge is 2.34. The van der Waals surface area contributed by atoms with Crippen LogP contribution >= 0.6 is 0 Å². The topological polar surface area (TPSA) is 24.7 Å². The Labute approximate surface area is 111 Å². The first-order valence-corrected chi connectivity index (χ1v) is 7.02. The van der Waals surface area contributed by atoms with E-state index in [1.54, 1.807) is 0 Å². The Bertz CT molecular complexity index is 395. The number of nitrogens with zero attached hydrogens (tertiary/aromatic N) is 2. The highest BCUT2D eigenvalue weighted by atomic mass is 15.2. The highest BCUT2D eigenvalue weighted by Crippen LogP contribution is 2.41. The van der Waals surface area contributed by atoms with Gasteiger partial charge in [-0.2, -0.15) is 10.2 Å². The largest absolute Gasteiger partial charge is 0.187 e. The van der Waals surface area contributed by atoms with Crippen molar-refractivity contribution in [3.63, 3.8) is 0 Å². The first kappa shape index (κ1) is 13.3. The van der Waals surface area contributed by atoms with Crippen molar-refractivity contribution in [2.75, 3.05) is 0 Å². The van der Waals surface area contributed by atoms with Crippen LogP contribution in [0.15, 0.2) is 40.6 Å². The van der Waals surface area contributed by atoms with Crippen LogP contribution in [-0.2, 0) is 5.54 Å². The molecule has 0 bridgehead atoms. The van der Waals surface area contributed by atoms with Gasteiger partial charge in [0.1, 0.15) is 5.54 Å². The molecule has 98 valence electrons. The third kappa shape index (κ3) is 3.18. The van der Waals surface area contributed by atoms with Gasteiger partial charge in [-0.25, -0.2) is 0 Å². The molecule has 0 aliphatic heterocycles.